The van der Waals surface area contributed by atoms with Gasteiger partial charge < -0.3 is 20.5 Å². The van der Waals surface area contributed by atoms with Crippen LogP contribution in [0.3, 0.4) is 0 Å². The van der Waals surface area contributed by atoms with E-state index in [1.807, 2.05) is 0 Å². The highest BCUT2D eigenvalue weighted by atomic mass is 19.1. The molecule has 3 N–H and O–H groups in total. The van der Waals surface area contributed by atoms with Gasteiger partial charge in [0.1, 0.15) is 12.4 Å². The predicted octanol–water partition coefficient (Wildman–Crippen LogP) is 0.526. The molecule has 1 rings (SSSR count). The van der Waals surface area contributed by atoms with Crippen LogP contribution in [0.15, 0.2) is 18.2 Å². The first-order valence-corrected chi connectivity index (χ1v) is 5.54. The number of nitrogens with two attached hydrogens (primary N) is 1. The Bertz CT molecular complexity index is 465. The van der Waals surface area contributed by atoms with Gasteiger partial charge in [-0.15, -0.1) is 0 Å². The molecular formula is C12H15FN2O4. The molecule has 0 atom stereocenters. The van der Waals surface area contributed by atoms with Crippen molar-refractivity contribution in [3.63, 3.8) is 0 Å². The molecule has 0 spiro atoms. The summed E-state index contributed by atoms with van der Waals surface area (Å²) in [4.78, 5) is 23.0. The highest BCUT2D eigenvalue weighted by Crippen LogP contribution is 2.18. The Morgan fingerprint density at radius 3 is 2.79 bits per heavy atom. The van der Waals surface area contributed by atoms with Crippen molar-refractivity contribution >= 4 is 17.6 Å². The number of hydrogen-bond donors (Lipinski definition) is 2. The number of methoxy groups -OCH3 is 1. The molecule has 19 heavy (non-hydrogen) atoms. The molecule has 1 aromatic rings. The van der Waals surface area contributed by atoms with Crippen molar-refractivity contribution in [1.82, 2.24) is 0 Å². The summed E-state index contributed by atoms with van der Waals surface area (Å²) >= 11 is 0. The van der Waals surface area contributed by atoms with Crippen LogP contribution in [0.1, 0.15) is 10.4 Å². The van der Waals surface area contributed by atoms with Gasteiger partial charge in [0, 0.05) is 6.54 Å². The van der Waals surface area contributed by atoms with E-state index in [0.29, 0.717) is 6.54 Å². The van der Waals surface area contributed by atoms with Crippen molar-refractivity contribution in [2.45, 2.75) is 0 Å². The molecule has 0 unspecified atom stereocenters. The number of benzene rings is 1. The Hall–Kier alpha value is -1.99. The van der Waals surface area contributed by atoms with E-state index in [2.05, 4.69) is 10.1 Å². The smallest absolute Gasteiger partial charge is 0.340 e. The summed E-state index contributed by atoms with van der Waals surface area (Å²) in [7, 11) is 1.17. The van der Waals surface area contributed by atoms with Crippen molar-refractivity contribution in [2.24, 2.45) is 5.73 Å². The first-order chi connectivity index (χ1) is 9.08. The standard InChI is InChI=1S/C12H15FN2O4/c1-18-12(17)9-6-8(13)2-3-10(9)15-11(16)7-19-5-4-14/h2-3,6H,4-5,7,14H2,1H3,(H,15,16). The largest absolute Gasteiger partial charge is 0.465 e. The quantitative estimate of drug-likeness (QED) is 0.581. The molecule has 1 amide bonds. The van der Waals surface area contributed by atoms with E-state index < -0.39 is 17.7 Å². The van der Waals surface area contributed by atoms with Crippen LogP contribution in [0, 0.1) is 5.82 Å². The summed E-state index contributed by atoms with van der Waals surface area (Å²) in [5.74, 6) is -1.80. The summed E-state index contributed by atoms with van der Waals surface area (Å²) in [5, 5.41) is 2.44. The summed E-state index contributed by atoms with van der Waals surface area (Å²) in [6.07, 6.45) is 0. The Labute approximate surface area is 109 Å². The molecule has 1 aromatic carbocycles. The maximum absolute atomic E-state index is 13.1. The van der Waals surface area contributed by atoms with Gasteiger partial charge in [-0.1, -0.05) is 0 Å². The number of rotatable bonds is 6. The van der Waals surface area contributed by atoms with Gasteiger partial charge in [0.25, 0.3) is 0 Å². The third-order valence-electron chi connectivity index (χ3n) is 2.16. The van der Waals surface area contributed by atoms with Crippen LogP contribution in [0.25, 0.3) is 0 Å². The average molecular weight is 270 g/mol. The van der Waals surface area contributed by atoms with E-state index in [1.54, 1.807) is 0 Å². The fourth-order valence-corrected chi connectivity index (χ4v) is 1.34. The monoisotopic (exact) mass is 270 g/mol. The number of carbonyl (C=O) groups excluding carboxylic acids is 2. The first-order valence-electron chi connectivity index (χ1n) is 5.54. The zero-order chi connectivity index (χ0) is 14.3. The lowest BCUT2D eigenvalue weighted by molar-refractivity contribution is -0.120. The SMILES string of the molecule is COC(=O)c1cc(F)ccc1NC(=O)COCCN. The van der Waals surface area contributed by atoms with Crippen LogP contribution in [-0.4, -0.2) is 38.7 Å². The second-order valence-electron chi connectivity index (χ2n) is 3.57. The molecule has 0 saturated heterocycles. The zero-order valence-corrected chi connectivity index (χ0v) is 10.4. The minimum Gasteiger partial charge on any atom is -0.465 e. The lowest BCUT2D eigenvalue weighted by Gasteiger charge is -2.10. The fourth-order valence-electron chi connectivity index (χ4n) is 1.34. The Balaban J connectivity index is 2.77. The second kappa shape index (κ2) is 7.45. The molecule has 7 heteroatoms. The molecular weight excluding hydrogens is 255 g/mol. The molecule has 0 aliphatic heterocycles. The van der Waals surface area contributed by atoms with Crippen molar-refractivity contribution < 1.29 is 23.5 Å². The summed E-state index contributed by atoms with van der Waals surface area (Å²) in [6, 6.07) is 3.40. The number of ether oxygens (including phenoxy) is 2. The summed E-state index contributed by atoms with van der Waals surface area (Å²) < 4.78 is 22.5. The third-order valence-corrected chi connectivity index (χ3v) is 2.16. The third kappa shape index (κ3) is 4.65. The first kappa shape index (κ1) is 15.1. The van der Waals surface area contributed by atoms with Crippen molar-refractivity contribution in [3.05, 3.63) is 29.6 Å². The van der Waals surface area contributed by atoms with E-state index in [9.17, 15) is 14.0 Å². The molecule has 0 aliphatic rings. The maximum Gasteiger partial charge on any atom is 0.340 e. The number of anilines is 1. The number of hydrogen-bond acceptors (Lipinski definition) is 5. The van der Waals surface area contributed by atoms with Crippen LogP contribution >= 0.6 is 0 Å². The van der Waals surface area contributed by atoms with Gasteiger partial charge >= 0.3 is 5.97 Å². The topological polar surface area (TPSA) is 90.6 Å². The lowest BCUT2D eigenvalue weighted by atomic mass is 10.1. The van der Waals surface area contributed by atoms with Gasteiger partial charge in [-0.2, -0.15) is 0 Å². The fraction of sp³-hybridized carbons (Fsp3) is 0.333. The molecule has 0 saturated carbocycles. The Kier molecular flexibility index (Phi) is 5.91. The molecule has 0 radical (unpaired) electrons. The normalized spacial score (nSPS) is 10.1. The maximum atomic E-state index is 13.1. The number of nitrogens with one attached hydrogen (secondary N) is 1. The van der Waals surface area contributed by atoms with Crippen molar-refractivity contribution in [2.75, 3.05) is 32.2 Å². The minimum atomic E-state index is -0.738. The number of halogens is 1. The van der Waals surface area contributed by atoms with E-state index in [4.69, 9.17) is 10.5 Å². The highest BCUT2D eigenvalue weighted by molar-refractivity contribution is 6.01. The Morgan fingerprint density at radius 1 is 1.42 bits per heavy atom. The average Bonchev–Trinajstić information content (AvgIpc) is 2.40. The van der Waals surface area contributed by atoms with Gasteiger partial charge in [0.15, 0.2) is 0 Å². The van der Waals surface area contributed by atoms with E-state index in [-0.39, 0.29) is 24.5 Å². The molecule has 0 bridgehead atoms. The van der Waals surface area contributed by atoms with Crippen molar-refractivity contribution in [3.8, 4) is 0 Å². The minimum absolute atomic E-state index is 0.0605. The zero-order valence-electron chi connectivity index (χ0n) is 10.4. The van der Waals surface area contributed by atoms with E-state index in [0.717, 1.165) is 12.1 Å². The van der Waals surface area contributed by atoms with E-state index >= 15 is 0 Å². The summed E-state index contributed by atoms with van der Waals surface area (Å²) in [6.45, 7) is 0.354. The highest BCUT2D eigenvalue weighted by Gasteiger charge is 2.15. The molecule has 104 valence electrons. The molecule has 0 fully saturated rings. The van der Waals surface area contributed by atoms with Crippen LogP contribution in [0.4, 0.5) is 10.1 Å². The Morgan fingerprint density at radius 2 is 2.16 bits per heavy atom. The number of carbonyl (C=O) groups is 2. The van der Waals surface area contributed by atoms with E-state index in [1.165, 1.54) is 13.2 Å². The van der Waals surface area contributed by atoms with Gasteiger partial charge in [-0.3, -0.25) is 4.79 Å². The molecule has 6 nitrogen and oxygen atoms in total. The molecule has 0 aromatic heterocycles. The number of esters is 1. The van der Waals surface area contributed by atoms with Crippen LogP contribution in [-0.2, 0) is 14.3 Å². The molecule has 0 aliphatic carbocycles. The van der Waals surface area contributed by atoms with Gasteiger partial charge in [-0.25, -0.2) is 9.18 Å². The predicted molar refractivity (Wildman–Crippen MR) is 66.2 cm³/mol. The lowest BCUT2D eigenvalue weighted by Crippen LogP contribution is -2.22. The van der Waals surface area contributed by atoms with Crippen molar-refractivity contribution in [1.29, 1.82) is 0 Å². The summed E-state index contributed by atoms with van der Waals surface area (Å²) in [5.41, 5.74) is 5.31. The van der Waals surface area contributed by atoms with Crippen LogP contribution in [0.2, 0.25) is 0 Å². The van der Waals surface area contributed by atoms with Crippen LogP contribution < -0.4 is 11.1 Å². The second-order valence-corrected chi connectivity index (χ2v) is 3.57. The van der Waals surface area contributed by atoms with Gasteiger partial charge in [0.2, 0.25) is 5.91 Å². The van der Waals surface area contributed by atoms with Crippen LogP contribution in [0.5, 0.6) is 0 Å². The molecule has 0 heterocycles. The van der Waals surface area contributed by atoms with Gasteiger partial charge in [-0.05, 0) is 18.2 Å². The van der Waals surface area contributed by atoms with Gasteiger partial charge in [0.05, 0.1) is 25.0 Å². The number of amides is 1.